The zero-order valence-electron chi connectivity index (χ0n) is 16.9. The van der Waals surface area contributed by atoms with E-state index in [1.165, 1.54) is 16.9 Å². The Morgan fingerprint density at radius 2 is 1.57 bits per heavy atom. The first-order chi connectivity index (χ1) is 14.6. The van der Waals surface area contributed by atoms with Gasteiger partial charge in [-0.2, -0.15) is 0 Å². The monoisotopic (exact) mass is 436 g/mol. The Labute approximate surface area is 181 Å². The van der Waals surface area contributed by atoms with Crippen LogP contribution in [0.15, 0.2) is 73.3 Å². The molecule has 0 unspecified atom stereocenters. The zero-order valence-corrected chi connectivity index (χ0v) is 18.6. The molecule has 0 radical (unpaired) electrons. The normalized spacial score (nSPS) is 11.9. The lowest BCUT2D eigenvalue weighted by Crippen LogP contribution is -2.34. The second-order valence-electron chi connectivity index (χ2n) is 7.07. The van der Waals surface area contributed by atoms with Gasteiger partial charge in [-0.05, 0) is 6.42 Å². The molecule has 0 atom stereocenters. The summed E-state index contributed by atoms with van der Waals surface area (Å²) in [7, 11) is 0. The molecule has 30 heavy (non-hydrogen) atoms. The van der Waals surface area contributed by atoms with E-state index in [-0.39, 0.29) is 0 Å². The minimum atomic E-state index is -2.16. The van der Waals surface area contributed by atoms with Gasteiger partial charge < -0.3 is 10.3 Å². The largest absolute Gasteiger partial charge is 0.382 e. The maximum atomic E-state index is 6.50. The van der Waals surface area contributed by atoms with Crippen LogP contribution in [0.3, 0.4) is 0 Å². The molecule has 2 N–H and O–H groups in total. The molecule has 4 aromatic rings. The fraction of sp³-hybridized carbons (Fsp3) is 0.227. The van der Waals surface area contributed by atoms with Crippen LogP contribution in [0, 0.1) is 0 Å². The van der Waals surface area contributed by atoms with Crippen molar-refractivity contribution in [2.75, 3.05) is 18.8 Å². The van der Waals surface area contributed by atoms with Crippen molar-refractivity contribution in [1.82, 2.24) is 24.2 Å². The van der Waals surface area contributed by atoms with E-state index in [9.17, 15) is 0 Å². The van der Waals surface area contributed by atoms with E-state index in [0.717, 1.165) is 31.7 Å². The van der Waals surface area contributed by atoms with Crippen LogP contribution >= 0.6 is 6.19 Å². The molecular formula is C22H25N6PS. The Hall–Kier alpha value is -2.60. The van der Waals surface area contributed by atoms with Gasteiger partial charge in [0, 0.05) is 30.2 Å². The van der Waals surface area contributed by atoms with Gasteiger partial charge in [-0.25, -0.2) is 15.0 Å². The Bertz CT molecular complexity index is 1120. The summed E-state index contributed by atoms with van der Waals surface area (Å²) >= 11 is 6.50. The number of nitrogen functional groups attached to an aromatic ring is 1. The number of hydrogen-bond donors (Lipinski definition) is 1. The van der Waals surface area contributed by atoms with Crippen molar-refractivity contribution in [1.29, 1.82) is 0 Å². The minimum absolute atomic E-state index is 0.405. The standard InChI is InChI=1S/C22H25N6PS/c1-2-13-28(15-14-27-17-26-20-21(23)24-16-25-22(20)27)29(30,18-9-5-3-6-10-18)19-11-7-4-8-12-19/h3-12,16-17H,2,13-15H2,1H3,(H2,23,24,25). The molecule has 0 aliphatic carbocycles. The Morgan fingerprint density at radius 1 is 0.933 bits per heavy atom. The summed E-state index contributed by atoms with van der Waals surface area (Å²) in [6.45, 7) is 4.64. The molecule has 2 aromatic heterocycles. The minimum Gasteiger partial charge on any atom is -0.382 e. The van der Waals surface area contributed by atoms with Crippen LogP contribution in [0.4, 0.5) is 5.82 Å². The van der Waals surface area contributed by atoms with Crippen molar-refractivity contribution in [3.63, 3.8) is 0 Å². The number of aromatic nitrogens is 4. The van der Waals surface area contributed by atoms with Gasteiger partial charge in [0.15, 0.2) is 11.5 Å². The highest BCUT2D eigenvalue weighted by atomic mass is 32.4. The topological polar surface area (TPSA) is 72.9 Å². The fourth-order valence-corrected chi connectivity index (χ4v) is 7.85. The van der Waals surface area contributed by atoms with Gasteiger partial charge >= 0.3 is 0 Å². The van der Waals surface area contributed by atoms with E-state index in [1.54, 1.807) is 6.33 Å². The average Bonchev–Trinajstić information content (AvgIpc) is 3.22. The molecule has 154 valence electrons. The predicted octanol–water partition coefficient (Wildman–Crippen LogP) is 3.17. The van der Waals surface area contributed by atoms with Crippen LogP contribution in [0.1, 0.15) is 13.3 Å². The van der Waals surface area contributed by atoms with Gasteiger partial charge in [0.2, 0.25) is 0 Å². The van der Waals surface area contributed by atoms with E-state index < -0.39 is 6.19 Å². The van der Waals surface area contributed by atoms with Crippen molar-refractivity contribution in [3.8, 4) is 0 Å². The summed E-state index contributed by atoms with van der Waals surface area (Å²) in [6.07, 6.45) is 2.13. The van der Waals surface area contributed by atoms with Gasteiger partial charge in [0.25, 0.3) is 0 Å². The third-order valence-electron chi connectivity index (χ3n) is 5.12. The fourth-order valence-electron chi connectivity index (χ4n) is 3.67. The van der Waals surface area contributed by atoms with E-state index in [4.69, 9.17) is 17.5 Å². The van der Waals surface area contributed by atoms with E-state index in [1.807, 2.05) is 16.7 Å². The molecular weight excluding hydrogens is 411 g/mol. The first-order valence-corrected chi connectivity index (χ1v) is 12.8. The predicted molar refractivity (Wildman–Crippen MR) is 128 cm³/mol. The smallest absolute Gasteiger partial charge is 0.165 e. The van der Waals surface area contributed by atoms with Crippen LogP contribution < -0.4 is 16.3 Å². The lowest BCUT2D eigenvalue weighted by Gasteiger charge is -2.36. The number of nitrogens with two attached hydrogens (primary N) is 1. The van der Waals surface area contributed by atoms with Crippen molar-refractivity contribution >= 4 is 45.6 Å². The molecule has 0 aliphatic rings. The summed E-state index contributed by atoms with van der Waals surface area (Å²) in [5, 5.41) is 2.42. The molecule has 0 fully saturated rings. The molecule has 8 heteroatoms. The lowest BCUT2D eigenvalue weighted by atomic mass is 10.4. The first kappa shape index (κ1) is 20.7. The van der Waals surface area contributed by atoms with Crippen molar-refractivity contribution in [2.24, 2.45) is 0 Å². The number of imidazole rings is 1. The maximum Gasteiger partial charge on any atom is 0.165 e. The summed E-state index contributed by atoms with van der Waals surface area (Å²) in [4.78, 5) is 12.8. The van der Waals surface area contributed by atoms with Gasteiger partial charge in [-0.1, -0.05) is 79.4 Å². The van der Waals surface area contributed by atoms with Crippen LogP contribution in [0.5, 0.6) is 0 Å². The summed E-state index contributed by atoms with van der Waals surface area (Å²) in [6, 6.07) is 21.0. The Balaban J connectivity index is 1.71. The number of anilines is 1. The SMILES string of the molecule is CCCN(CCn1cnc2c(N)ncnc21)P(=S)(c1ccccc1)c1ccccc1. The van der Waals surface area contributed by atoms with Gasteiger partial charge in [-0.3, -0.25) is 4.67 Å². The van der Waals surface area contributed by atoms with Gasteiger partial charge in [-0.15, -0.1) is 0 Å². The van der Waals surface area contributed by atoms with E-state index in [2.05, 4.69) is 75.1 Å². The molecule has 4 rings (SSSR count). The molecule has 0 amide bonds. The Morgan fingerprint density at radius 3 is 2.17 bits per heavy atom. The summed E-state index contributed by atoms with van der Waals surface area (Å²) < 4.78 is 4.51. The molecule has 6 nitrogen and oxygen atoms in total. The second-order valence-corrected chi connectivity index (χ2v) is 11.4. The van der Waals surface area contributed by atoms with Crippen molar-refractivity contribution in [3.05, 3.63) is 73.3 Å². The van der Waals surface area contributed by atoms with Crippen molar-refractivity contribution in [2.45, 2.75) is 19.9 Å². The van der Waals surface area contributed by atoms with Crippen LogP contribution in [-0.4, -0.2) is 37.3 Å². The lowest BCUT2D eigenvalue weighted by molar-refractivity contribution is 0.432. The molecule has 0 aliphatic heterocycles. The van der Waals surface area contributed by atoms with Gasteiger partial charge in [0.05, 0.1) is 12.5 Å². The van der Waals surface area contributed by atoms with Gasteiger partial charge in [0.1, 0.15) is 11.8 Å². The maximum absolute atomic E-state index is 6.50. The second kappa shape index (κ2) is 9.04. The number of hydrogen-bond acceptors (Lipinski definition) is 5. The number of benzene rings is 2. The van der Waals surface area contributed by atoms with Crippen LogP contribution in [0.25, 0.3) is 11.2 Å². The zero-order chi connectivity index (χ0) is 21.0. The third-order valence-corrected chi connectivity index (χ3v) is 10.3. The number of nitrogens with zero attached hydrogens (tertiary/aromatic N) is 5. The van der Waals surface area contributed by atoms with Crippen molar-refractivity contribution < 1.29 is 0 Å². The quantitative estimate of drug-likeness (QED) is 0.428. The first-order valence-electron chi connectivity index (χ1n) is 10.0. The molecule has 0 spiro atoms. The Kier molecular flexibility index (Phi) is 6.23. The average molecular weight is 437 g/mol. The third kappa shape index (κ3) is 3.88. The molecule has 2 heterocycles. The molecule has 0 bridgehead atoms. The van der Waals surface area contributed by atoms with E-state index >= 15 is 0 Å². The highest BCUT2D eigenvalue weighted by Gasteiger charge is 2.29. The molecule has 0 saturated carbocycles. The number of fused-ring (bicyclic) bond motifs is 1. The van der Waals surface area contributed by atoms with Crippen LogP contribution in [-0.2, 0) is 18.4 Å². The summed E-state index contributed by atoms with van der Waals surface area (Å²) in [5.74, 6) is 0.405. The number of rotatable bonds is 8. The van der Waals surface area contributed by atoms with Crippen LogP contribution in [0.2, 0.25) is 0 Å². The highest BCUT2D eigenvalue weighted by molar-refractivity contribution is 8.20. The molecule has 2 aromatic carbocycles. The molecule has 0 saturated heterocycles. The summed E-state index contributed by atoms with van der Waals surface area (Å²) in [5.41, 5.74) is 7.35. The van der Waals surface area contributed by atoms with E-state index in [0.29, 0.717) is 11.3 Å². The highest BCUT2D eigenvalue weighted by Crippen LogP contribution is 2.47.